The van der Waals surface area contributed by atoms with E-state index in [9.17, 15) is 4.79 Å². The number of ether oxygens (including phenoxy) is 1. The molecule has 0 spiro atoms. The lowest BCUT2D eigenvalue weighted by Gasteiger charge is -2.22. The van der Waals surface area contributed by atoms with Gasteiger partial charge in [-0.25, -0.2) is 4.98 Å². The van der Waals surface area contributed by atoms with Crippen LogP contribution in [0.2, 0.25) is 0 Å². The fourth-order valence-electron chi connectivity index (χ4n) is 3.40. The van der Waals surface area contributed by atoms with Crippen molar-refractivity contribution >= 4 is 17.2 Å². The summed E-state index contributed by atoms with van der Waals surface area (Å²) in [6, 6.07) is 0. The molecule has 0 aliphatic carbocycles. The third-order valence-corrected chi connectivity index (χ3v) is 5.52. The van der Waals surface area contributed by atoms with Gasteiger partial charge in [0.15, 0.2) is 0 Å². The van der Waals surface area contributed by atoms with Crippen LogP contribution >= 0.6 is 11.3 Å². The molecule has 2 aliphatic heterocycles. The minimum atomic E-state index is 0.298. The molecule has 2 saturated heterocycles. The first-order valence-electron chi connectivity index (χ1n) is 8.73. The number of thiazole rings is 1. The van der Waals surface area contributed by atoms with Gasteiger partial charge in [0.2, 0.25) is 5.91 Å². The standard InChI is InChI=1S/C17H27N3O2S/c1-14-18-15(13-23-14)12-19-7-3-8-20(10-9-19)17(21)6-5-16-4-2-11-22-16/h13,16H,2-12H2,1H3. The maximum Gasteiger partial charge on any atom is 0.222 e. The Kier molecular flexibility index (Phi) is 6.02. The number of aromatic nitrogens is 1. The summed E-state index contributed by atoms with van der Waals surface area (Å²) in [5, 5.41) is 3.27. The van der Waals surface area contributed by atoms with Gasteiger partial charge in [-0.3, -0.25) is 9.69 Å². The van der Waals surface area contributed by atoms with Crippen LogP contribution in [0.3, 0.4) is 0 Å². The third kappa shape index (κ3) is 4.99. The minimum absolute atomic E-state index is 0.298. The van der Waals surface area contributed by atoms with Crippen LogP contribution in [0.5, 0.6) is 0 Å². The number of hydrogen-bond acceptors (Lipinski definition) is 5. The largest absolute Gasteiger partial charge is 0.378 e. The molecule has 1 aromatic heterocycles. The Morgan fingerprint density at radius 1 is 1.35 bits per heavy atom. The topological polar surface area (TPSA) is 45.7 Å². The van der Waals surface area contributed by atoms with Crippen molar-refractivity contribution in [1.29, 1.82) is 0 Å². The summed E-state index contributed by atoms with van der Waals surface area (Å²) >= 11 is 1.71. The predicted octanol–water partition coefficient (Wildman–Crippen LogP) is 2.45. The zero-order valence-corrected chi connectivity index (χ0v) is 14.8. The molecular weight excluding hydrogens is 310 g/mol. The number of carbonyl (C=O) groups excluding carboxylic acids is 1. The van der Waals surface area contributed by atoms with Gasteiger partial charge in [0.1, 0.15) is 0 Å². The second-order valence-electron chi connectivity index (χ2n) is 6.54. The molecule has 3 heterocycles. The molecular formula is C17H27N3O2S. The van der Waals surface area contributed by atoms with Gasteiger partial charge >= 0.3 is 0 Å². The lowest BCUT2D eigenvalue weighted by atomic mass is 10.1. The van der Waals surface area contributed by atoms with Gasteiger partial charge in [-0.1, -0.05) is 0 Å². The van der Waals surface area contributed by atoms with Crippen molar-refractivity contribution < 1.29 is 9.53 Å². The lowest BCUT2D eigenvalue weighted by molar-refractivity contribution is -0.131. The molecule has 5 nitrogen and oxygen atoms in total. The molecule has 0 saturated carbocycles. The Balaban J connectivity index is 1.42. The van der Waals surface area contributed by atoms with Crippen LogP contribution in [0, 0.1) is 6.92 Å². The lowest BCUT2D eigenvalue weighted by Crippen LogP contribution is -2.35. The molecule has 3 rings (SSSR count). The van der Waals surface area contributed by atoms with Crippen molar-refractivity contribution in [2.75, 3.05) is 32.8 Å². The number of carbonyl (C=O) groups is 1. The van der Waals surface area contributed by atoms with Crippen molar-refractivity contribution in [3.05, 3.63) is 16.1 Å². The Morgan fingerprint density at radius 3 is 3.00 bits per heavy atom. The van der Waals surface area contributed by atoms with E-state index in [2.05, 4.69) is 15.3 Å². The van der Waals surface area contributed by atoms with Crippen LogP contribution in [0.25, 0.3) is 0 Å². The van der Waals surface area contributed by atoms with Gasteiger partial charge < -0.3 is 9.64 Å². The highest BCUT2D eigenvalue weighted by molar-refractivity contribution is 7.09. The third-order valence-electron chi connectivity index (χ3n) is 4.70. The van der Waals surface area contributed by atoms with Crippen LogP contribution in [0.1, 0.15) is 42.8 Å². The average molecular weight is 337 g/mol. The Labute approximate surface area is 142 Å². The molecule has 0 N–H and O–H groups in total. The molecule has 0 aromatic carbocycles. The molecule has 1 aromatic rings. The van der Waals surface area contributed by atoms with Crippen LogP contribution in [0.15, 0.2) is 5.38 Å². The van der Waals surface area contributed by atoms with E-state index in [1.165, 1.54) is 0 Å². The van der Waals surface area contributed by atoms with Gasteiger partial charge in [-0.2, -0.15) is 0 Å². The average Bonchev–Trinajstić information content (AvgIpc) is 3.13. The SMILES string of the molecule is Cc1nc(CN2CCCN(C(=O)CCC3CCCO3)CC2)cs1. The normalized spacial score (nSPS) is 23.2. The second-order valence-corrected chi connectivity index (χ2v) is 7.60. The second kappa shape index (κ2) is 8.22. The fourth-order valence-corrected chi connectivity index (χ4v) is 4.01. The monoisotopic (exact) mass is 337 g/mol. The van der Waals surface area contributed by atoms with E-state index in [-0.39, 0.29) is 0 Å². The van der Waals surface area contributed by atoms with Crippen molar-refractivity contribution in [1.82, 2.24) is 14.8 Å². The van der Waals surface area contributed by atoms with Crippen molar-refractivity contribution in [2.45, 2.75) is 51.7 Å². The van der Waals surface area contributed by atoms with Crippen molar-refractivity contribution in [3.63, 3.8) is 0 Å². The number of aryl methyl sites for hydroxylation is 1. The van der Waals surface area contributed by atoms with E-state index in [0.29, 0.717) is 18.4 Å². The first-order valence-corrected chi connectivity index (χ1v) is 9.61. The maximum atomic E-state index is 12.4. The Hall–Kier alpha value is -0.980. The number of nitrogens with zero attached hydrogens (tertiary/aromatic N) is 3. The van der Waals surface area contributed by atoms with Crippen molar-refractivity contribution in [3.8, 4) is 0 Å². The molecule has 1 amide bonds. The maximum absolute atomic E-state index is 12.4. The van der Waals surface area contributed by atoms with E-state index in [1.54, 1.807) is 11.3 Å². The fraction of sp³-hybridized carbons (Fsp3) is 0.765. The van der Waals surface area contributed by atoms with Gasteiger partial charge in [-0.15, -0.1) is 11.3 Å². The van der Waals surface area contributed by atoms with E-state index in [1.807, 2.05) is 11.8 Å². The molecule has 2 aliphatic rings. The Bertz CT molecular complexity index is 514. The van der Waals surface area contributed by atoms with E-state index in [4.69, 9.17) is 4.74 Å². The summed E-state index contributed by atoms with van der Waals surface area (Å²) in [6.45, 7) is 7.54. The predicted molar refractivity (Wildman–Crippen MR) is 91.5 cm³/mol. The van der Waals surface area contributed by atoms with E-state index >= 15 is 0 Å². The molecule has 6 heteroatoms. The molecule has 128 valence electrons. The molecule has 23 heavy (non-hydrogen) atoms. The highest BCUT2D eigenvalue weighted by Gasteiger charge is 2.22. The van der Waals surface area contributed by atoms with Gasteiger partial charge in [0.05, 0.1) is 16.8 Å². The quantitative estimate of drug-likeness (QED) is 0.828. The van der Waals surface area contributed by atoms with Crippen LogP contribution in [-0.4, -0.2) is 59.6 Å². The van der Waals surface area contributed by atoms with Gasteiger partial charge in [0.25, 0.3) is 0 Å². The highest BCUT2D eigenvalue weighted by atomic mass is 32.1. The van der Waals surface area contributed by atoms with Crippen LogP contribution in [0.4, 0.5) is 0 Å². The summed E-state index contributed by atoms with van der Waals surface area (Å²) in [5.74, 6) is 0.298. The molecule has 0 bridgehead atoms. The highest BCUT2D eigenvalue weighted by Crippen LogP contribution is 2.18. The van der Waals surface area contributed by atoms with Crippen LogP contribution in [-0.2, 0) is 16.1 Å². The summed E-state index contributed by atoms with van der Waals surface area (Å²) in [4.78, 5) is 21.4. The first kappa shape index (κ1) is 16.9. The first-order chi connectivity index (χ1) is 11.2. The number of hydrogen-bond donors (Lipinski definition) is 0. The zero-order chi connectivity index (χ0) is 16.1. The molecule has 0 radical (unpaired) electrons. The zero-order valence-electron chi connectivity index (χ0n) is 14.0. The number of amides is 1. The van der Waals surface area contributed by atoms with Crippen LogP contribution < -0.4 is 0 Å². The summed E-state index contributed by atoms with van der Waals surface area (Å²) < 4.78 is 5.62. The van der Waals surface area contributed by atoms with Crippen molar-refractivity contribution in [2.24, 2.45) is 0 Å². The summed E-state index contributed by atoms with van der Waals surface area (Å²) in [7, 11) is 0. The van der Waals surface area contributed by atoms with Gasteiger partial charge in [0, 0.05) is 51.1 Å². The van der Waals surface area contributed by atoms with Gasteiger partial charge in [-0.05, 0) is 32.6 Å². The number of rotatable bonds is 5. The molecule has 2 fully saturated rings. The minimum Gasteiger partial charge on any atom is -0.378 e. The smallest absolute Gasteiger partial charge is 0.222 e. The molecule has 1 atom stereocenters. The van der Waals surface area contributed by atoms with E-state index < -0.39 is 0 Å². The summed E-state index contributed by atoms with van der Waals surface area (Å²) in [5.41, 5.74) is 1.16. The summed E-state index contributed by atoms with van der Waals surface area (Å²) in [6.07, 6.45) is 5.15. The van der Waals surface area contributed by atoms with E-state index in [0.717, 1.165) is 75.7 Å². The Morgan fingerprint density at radius 2 is 2.26 bits per heavy atom. The molecule has 1 unspecified atom stereocenters.